The topological polar surface area (TPSA) is 76.0 Å². The second-order valence-corrected chi connectivity index (χ2v) is 7.35. The van der Waals surface area contributed by atoms with Crippen LogP contribution in [0.15, 0.2) is 54.6 Å². The van der Waals surface area contributed by atoms with Gasteiger partial charge in [0, 0.05) is 22.6 Å². The van der Waals surface area contributed by atoms with Gasteiger partial charge in [-0.15, -0.1) is 0 Å². The first-order valence-corrected chi connectivity index (χ1v) is 10.5. The van der Waals surface area contributed by atoms with E-state index in [9.17, 15) is 18.4 Å². The predicted molar refractivity (Wildman–Crippen MR) is 120 cm³/mol. The van der Waals surface area contributed by atoms with Crippen LogP contribution in [0, 0.1) is 13.8 Å². The van der Waals surface area contributed by atoms with Gasteiger partial charge in [-0.3, -0.25) is 9.59 Å². The van der Waals surface area contributed by atoms with Crippen molar-refractivity contribution >= 4 is 11.8 Å². The first-order chi connectivity index (χ1) is 16.3. The first kappa shape index (κ1) is 24.8. The number of esters is 1. The van der Waals surface area contributed by atoms with Gasteiger partial charge in [0.05, 0.1) is 20.1 Å². The minimum absolute atomic E-state index is 0.00856. The Morgan fingerprint density at radius 1 is 0.941 bits per heavy atom. The van der Waals surface area contributed by atoms with E-state index in [0.29, 0.717) is 28.4 Å². The number of alkyl halides is 2. The highest BCUT2D eigenvalue weighted by Crippen LogP contribution is 2.24. The number of aryl methyl sites for hydroxylation is 1. The van der Waals surface area contributed by atoms with Crippen LogP contribution in [0.2, 0.25) is 0 Å². The highest BCUT2D eigenvalue weighted by molar-refractivity contribution is 5.99. The van der Waals surface area contributed by atoms with Crippen LogP contribution in [0.4, 0.5) is 8.78 Å². The summed E-state index contributed by atoms with van der Waals surface area (Å²) in [4.78, 5) is 24.7. The standard InChI is InChI=1S/C25H25F2NO6/c1-16-14-22(17(2)28(16)18-4-6-21(7-5-18)34-25(26)27)23(29)15-33-24(30)12-13-32-20-10-8-19(31-3)9-11-20/h4-11,14,25H,12-13,15H2,1-3H3. The van der Waals surface area contributed by atoms with Crippen LogP contribution in [-0.4, -0.2) is 43.3 Å². The average molecular weight is 473 g/mol. The Morgan fingerprint density at radius 3 is 2.18 bits per heavy atom. The number of halogens is 2. The molecule has 0 unspecified atom stereocenters. The molecule has 0 N–H and O–H groups in total. The Labute approximate surface area is 195 Å². The molecule has 3 aromatic rings. The number of hydrogen-bond acceptors (Lipinski definition) is 6. The number of aromatic nitrogens is 1. The summed E-state index contributed by atoms with van der Waals surface area (Å²) in [5, 5.41) is 0. The van der Waals surface area contributed by atoms with E-state index in [-0.39, 0.29) is 24.6 Å². The second kappa shape index (κ2) is 11.3. The maximum Gasteiger partial charge on any atom is 0.387 e. The zero-order valence-electron chi connectivity index (χ0n) is 19.0. The number of ketones is 1. The SMILES string of the molecule is COc1ccc(OCCC(=O)OCC(=O)c2cc(C)n(-c3ccc(OC(F)F)cc3)c2C)cc1. The normalized spacial score (nSPS) is 10.8. The number of hydrogen-bond donors (Lipinski definition) is 0. The number of benzene rings is 2. The van der Waals surface area contributed by atoms with Crippen LogP contribution in [0.5, 0.6) is 17.2 Å². The van der Waals surface area contributed by atoms with Crippen LogP contribution in [-0.2, 0) is 9.53 Å². The van der Waals surface area contributed by atoms with Gasteiger partial charge in [0.15, 0.2) is 6.61 Å². The van der Waals surface area contributed by atoms with Gasteiger partial charge >= 0.3 is 12.6 Å². The Bertz CT molecular complexity index is 1120. The molecular weight excluding hydrogens is 448 g/mol. The number of nitrogens with zero attached hydrogens (tertiary/aromatic N) is 1. The fourth-order valence-corrected chi connectivity index (χ4v) is 3.44. The lowest BCUT2D eigenvalue weighted by molar-refractivity contribution is -0.143. The fourth-order valence-electron chi connectivity index (χ4n) is 3.44. The summed E-state index contributed by atoms with van der Waals surface area (Å²) >= 11 is 0. The van der Waals surface area contributed by atoms with Crippen LogP contribution in [0.25, 0.3) is 5.69 Å². The predicted octanol–water partition coefficient (Wildman–Crippen LogP) is 4.90. The van der Waals surface area contributed by atoms with Crippen LogP contribution >= 0.6 is 0 Å². The van der Waals surface area contributed by atoms with E-state index in [1.807, 2.05) is 11.5 Å². The van der Waals surface area contributed by atoms with Gasteiger partial charge in [-0.05, 0) is 68.4 Å². The summed E-state index contributed by atoms with van der Waals surface area (Å²) in [6.07, 6.45) is -0.00856. The Hall–Kier alpha value is -3.88. The Balaban J connectivity index is 1.54. The molecule has 0 atom stereocenters. The number of carbonyl (C=O) groups is 2. The molecular formula is C25H25F2NO6. The van der Waals surface area contributed by atoms with Crippen molar-refractivity contribution < 1.29 is 37.3 Å². The first-order valence-electron chi connectivity index (χ1n) is 10.5. The lowest BCUT2D eigenvalue weighted by Gasteiger charge is -2.11. The van der Waals surface area contributed by atoms with Gasteiger partial charge in [0.1, 0.15) is 17.2 Å². The molecule has 0 spiro atoms. The molecule has 0 saturated heterocycles. The maximum atomic E-state index is 12.7. The van der Waals surface area contributed by atoms with Crippen molar-refractivity contribution in [3.05, 3.63) is 71.5 Å². The number of rotatable bonds is 11. The lowest BCUT2D eigenvalue weighted by Crippen LogP contribution is -2.16. The van der Waals surface area contributed by atoms with E-state index < -0.39 is 19.2 Å². The van der Waals surface area contributed by atoms with Crippen molar-refractivity contribution in [2.45, 2.75) is 26.9 Å². The minimum Gasteiger partial charge on any atom is -0.497 e. The molecule has 7 nitrogen and oxygen atoms in total. The van der Waals surface area contributed by atoms with E-state index in [0.717, 1.165) is 5.69 Å². The number of carbonyl (C=O) groups excluding carboxylic acids is 2. The third-order valence-electron chi connectivity index (χ3n) is 5.05. The van der Waals surface area contributed by atoms with Gasteiger partial charge in [-0.25, -0.2) is 0 Å². The number of methoxy groups -OCH3 is 1. The van der Waals surface area contributed by atoms with Crippen LogP contribution in [0.1, 0.15) is 28.2 Å². The lowest BCUT2D eigenvalue weighted by atomic mass is 10.1. The third-order valence-corrected chi connectivity index (χ3v) is 5.05. The summed E-state index contributed by atoms with van der Waals surface area (Å²) in [6, 6.07) is 14.7. The van der Waals surface area contributed by atoms with E-state index >= 15 is 0 Å². The molecule has 0 fully saturated rings. The fraction of sp³-hybridized carbons (Fsp3) is 0.280. The molecule has 0 saturated carbocycles. The maximum absolute atomic E-state index is 12.7. The van der Waals surface area contributed by atoms with E-state index in [1.165, 1.54) is 12.1 Å². The highest BCUT2D eigenvalue weighted by atomic mass is 19.3. The Morgan fingerprint density at radius 2 is 1.56 bits per heavy atom. The molecule has 1 aromatic heterocycles. The zero-order chi connectivity index (χ0) is 24.7. The van der Waals surface area contributed by atoms with Gasteiger partial charge in [-0.1, -0.05) is 0 Å². The molecule has 180 valence electrons. The van der Waals surface area contributed by atoms with Gasteiger partial charge < -0.3 is 23.5 Å². The summed E-state index contributed by atoms with van der Waals surface area (Å²) in [5.74, 6) is 0.431. The largest absolute Gasteiger partial charge is 0.497 e. The summed E-state index contributed by atoms with van der Waals surface area (Å²) in [5.41, 5.74) is 2.50. The van der Waals surface area contributed by atoms with Gasteiger partial charge in [-0.2, -0.15) is 8.78 Å². The molecule has 0 amide bonds. The molecule has 1 heterocycles. The summed E-state index contributed by atoms with van der Waals surface area (Å²) < 4.78 is 46.6. The van der Waals surface area contributed by atoms with Crippen LogP contribution < -0.4 is 14.2 Å². The van der Waals surface area contributed by atoms with Gasteiger partial charge in [0.2, 0.25) is 5.78 Å². The molecule has 0 aliphatic carbocycles. The molecule has 34 heavy (non-hydrogen) atoms. The third kappa shape index (κ3) is 6.34. The summed E-state index contributed by atoms with van der Waals surface area (Å²) in [7, 11) is 1.57. The molecule has 0 radical (unpaired) electrons. The summed E-state index contributed by atoms with van der Waals surface area (Å²) in [6.45, 7) is 0.387. The minimum atomic E-state index is -2.90. The van der Waals surface area contributed by atoms with E-state index in [2.05, 4.69) is 4.74 Å². The number of ether oxygens (including phenoxy) is 4. The molecule has 2 aromatic carbocycles. The molecule has 9 heteroatoms. The van der Waals surface area contributed by atoms with Crippen molar-refractivity contribution in [3.8, 4) is 22.9 Å². The van der Waals surface area contributed by atoms with Crippen molar-refractivity contribution in [3.63, 3.8) is 0 Å². The van der Waals surface area contributed by atoms with Crippen molar-refractivity contribution in [1.82, 2.24) is 4.57 Å². The molecule has 0 bridgehead atoms. The van der Waals surface area contributed by atoms with E-state index in [1.54, 1.807) is 56.5 Å². The quantitative estimate of drug-likeness (QED) is 0.291. The van der Waals surface area contributed by atoms with Crippen molar-refractivity contribution in [1.29, 1.82) is 0 Å². The van der Waals surface area contributed by atoms with Crippen molar-refractivity contribution in [2.75, 3.05) is 20.3 Å². The average Bonchev–Trinajstić information content (AvgIpc) is 3.12. The van der Waals surface area contributed by atoms with Crippen molar-refractivity contribution in [2.24, 2.45) is 0 Å². The molecule has 3 rings (SSSR count). The van der Waals surface area contributed by atoms with E-state index in [4.69, 9.17) is 14.2 Å². The Kier molecular flexibility index (Phi) is 8.24. The van der Waals surface area contributed by atoms with Gasteiger partial charge in [0.25, 0.3) is 0 Å². The van der Waals surface area contributed by atoms with Crippen LogP contribution in [0.3, 0.4) is 0 Å². The zero-order valence-corrected chi connectivity index (χ0v) is 19.0. The smallest absolute Gasteiger partial charge is 0.387 e. The highest BCUT2D eigenvalue weighted by Gasteiger charge is 2.18. The number of Topliss-reactive ketones (excluding diaryl/α,β-unsaturated/α-hetero) is 1. The molecule has 0 aliphatic rings. The second-order valence-electron chi connectivity index (χ2n) is 7.35. The monoisotopic (exact) mass is 473 g/mol. The molecule has 0 aliphatic heterocycles.